The van der Waals surface area contributed by atoms with Gasteiger partial charge in [-0.25, -0.2) is 0 Å². The molecule has 82 valence electrons. The van der Waals surface area contributed by atoms with E-state index in [1.165, 1.54) is 11.8 Å². The predicted molar refractivity (Wildman–Crippen MR) is 64.4 cm³/mol. The Kier molecular flexibility index (Phi) is 2.18. The molecule has 2 nitrogen and oxygen atoms in total. The number of aliphatic hydroxyl groups is 1. The number of aromatic nitrogens is 1. The molecular formula is C14H15NO. The molecule has 1 N–H and O–H groups in total. The predicted octanol–water partition coefficient (Wildman–Crippen LogP) is 2.65. The number of para-hydroxylation sites is 1. The molecule has 0 atom stereocenters. The van der Waals surface area contributed by atoms with Crippen molar-refractivity contribution in [2.75, 3.05) is 6.61 Å². The largest absolute Gasteiger partial charge is 0.395 e. The van der Waals surface area contributed by atoms with Gasteiger partial charge in [-0.05, 0) is 25.0 Å². The summed E-state index contributed by atoms with van der Waals surface area (Å²) in [6.45, 7) is 0.221. The lowest BCUT2D eigenvalue weighted by Gasteiger charge is -2.39. The molecule has 1 aliphatic rings. The third kappa shape index (κ3) is 1.34. The molecule has 2 aromatic rings. The van der Waals surface area contributed by atoms with Crippen molar-refractivity contribution < 1.29 is 5.11 Å². The number of hydrogen-bond acceptors (Lipinski definition) is 2. The van der Waals surface area contributed by atoms with Gasteiger partial charge in [-0.3, -0.25) is 4.98 Å². The molecule has 0 radical (unpaired) electrons. The zero-order valence-electron chi connectivity index (χ0n) is 9.19. The third-order valence-electron chi connectivity index (χ3n) is 3.76. The van der Waals surface area contributed by atoms with Crippen LogP contribution in [0.2, 0.25) is 0 Å². The summed E-state index contributed by atoms with van der Waals surface area (Å²) in [5, 5.41) is 10.7. The Hall–Kier alpha value is -1.41. The first-order valence-corrected chi connectivity index (χ1v) is 5.81. The highest BCUT2D eigenvalue weighted by Gasteiger charge is 2.39. The molecule has 1 saturated carbocycles. The van der Waals surface area contributed by atoms with Crippen LogP contribution in [0.4, 0.5) is 0 Å². The van der Waals surface area contributed by atoms with Crippen molar-refractivity contribution >= 4 is 10.9 Å². The van der Waals surface area contributed by atoms with Crippen LogP contribution in [0.15, 0.2) is 36.4 Å². The van der Waals surface area contributed by atoms with Crippen LogP contribution in [-0.2, 0) is 5.41 Å². The maximum atomic E-state index is 9.52. The smallest absolute Gasteiger partial charge is 0.0705 e. The van der Waals surface area contributed by atoms with Gasteiger partial charge in [-0.2, -0.15) is 0 Å². The SMILES string of the molecule is OCC1(c2ccc3ccccc3n2)CCC1. The molecule has 1 fully saturated rings. The van der Waals surface area contributed by atoms with E-state index in [1.807, 2.05) is 18.2 Å². The minimum Gasteiger partial charge on any atom is -0.395 e. The molecule has 2 heteroatoms. The summed E-state index contributed by atoms with van der Waals surface area (Å²) in [5.41, 5.74) is 2.03. The highest BCUT2D eigenvalue weighted by molar-refractivity contribution is 5.78. The lowest BCUT2D eigenvalue weighted by atomic mass is 9.67. The molecule has 0 spiro atoms. The zero-order chi connectivity index (χ0) is 11.0. The summed E-state index contributed by atoms with van der Waals surface area (Å²) in [6, 6.07) is 12.3. The first-order chi connectivity index (χ1) is 7.84. The summed E-state index contributed by atoms with van der Waals surface area (Å²) >= 11 is 0. The van der Waals surface area contributed by atoms with Gasteiger partial charge in [0, 0.05) is 16.5 Å². The van der Waals surface area contributed by atoms with Gasteiger partial charge in [-0.15, -0.1) is 0 Å². The topological polar surface area (TPSA) is 33.1 Å². The van der Waals surface area contributed by atoms with Crippen LogP contribution < -0.4 is 0 Å². The van der Waals surface area contributed by atoms with Gasteiger partial charge < -0.3 is 5.11 Å². The second-order valence-corrected chi connectivity index (χ2v) is 4.68. The number of aliphatic hydroxyl groups excluding tert-OH is 1. The van der Waals surface area contributed by atoms with E-state index in [4.69, 9.17) is 0 Å². The minimum absolute atomic E-state index is 0.0516. The van der Waals surface area contributed by atoms with E-state index in [9.17, 15) is 5.11 Å². The van der Waals surface area contributed by atoms with Gasteiger partial charge in [0.1, 0.15) is 0 Å². The average molecular weight is 213 g/mol. The van der Waals surface area contributed by atoms with E-state index in [1.54, 1.807) is 0 Å². The first-order valence-electron chi connectivity index (χ1n) is 5.81. The molecule has 1 aliphatic carbocycles. The molecule has 0 amide bonds. The maximum absolute atomic E-state index is 9.52. The normalized spacial score (nSPS) is 18.3. The second-order valence-electron chi connectivity index (χ2n) is 4.68. The number of hydrogen-bond donors (Lipinski definition) is 1. The van der Waals surface area contributed by atoms with Gasteiger partial charge in [0.15, 0.2) is 0 Å². The van der Waals surface area contributed by atoms with E-state index in [0.717, 1.165) is 24.1 Å². The van der Waals surface area contributed by atoms with Crippen LogP contribution in [0.1, 0.15) is 25.0 Å². The maximum Gasteiger partial charge on any atom is 0.0705 e. The van der Waals surface area contributed by atoms with Crippen molar-refractivity contribution in [3.63, 3.8) is 0 Å². The van der Waals surface area contributed by atoms with E-state index in [2.05, 4.69) is 23.2 Å². The Labute approximate surface area is 94.9 Å². The Morgan fingerprint density at radius 1 is 1.12 bits per heavy atom. The Morgan fingerprint density at radius 3 is 2.62 bits per heavy atom. The molecule has 0 bridgehead atoms. The monoisotopic (exact) mass is 213 g/mol. The van der Waals surface area contributed by atoms with Gasteiger partial charge >= 0.3 is 0 Å². The minimum atomic E-state index is -0.0516. The lowest BCUT2D eigenvalue weighted by Crippen LogP contribution is -2.38. The van der Waals surface area contributed by atoms with Crippen molar-refractivity contribution in [1.82, 2.24) is 4.98 Å². The molecule has 0 unspecified atom stereocenters. The fraction of sp³-hybridized carbons (Fsp3) is 0.357. The van der Waals surface area contributed by atoms with Crippen molar-refractivity contribution in [2.45, 2.75) is 24.7 Å². The van der Waals surface area contributed by atoms with Crippen molar-refractivity contribution in [3.8, 4) is 0 Å². The molecule has 1 aromatic heterocycles. The lowest BCUT2D eigenvalue weighted by molar-refractivity contribution is 0.116. The van der Waals surface area contributed by atoms with Crippen molar-refractivity contribution in [2.24, 2.45) is 0 Å². The zero-order valence-corrected chi connectivity index (χ0v) is 9.19. The number of rotatable bonds is 2. The van der Waals surface area contributed by atoms with E-state index in [-0.39, 0.29) is 12.0 Å². The Balaban J connectivity index is 2.11. The highest BCUT2D eigenvalue weighted by atomic mass is 16.3. The standard InChI is InChI=1S/C14H15NO/c16-10-14(8-3-9-14)13-7-6-11-4-1-2-5-12(11)15-13/h1-2,4-7,16H,3,8-10H2. The molecular weight excluding hydrogens is 198 g/mol. The van der Waals surface area contributed by atoms with Gasteiger partial charge in [0.2, 0.25) is 0 Å². The molecule has 0 aliphatic heterocycles. The van der Waals surface area contributed by atoms with Gasteiger partial charge in [0.25, 0.3) is 0 Å². The molecule has 3 rings (SSSR count). The molecule has 0 saturated heterocycles. The second kappa shape index (κ2) is 3.56. The van der Waals surface area contributed by atoms with Gasteiger partial charge in [0.05, 0.1) is 12.1 Å². The summed E-state index contributed by atoms with van der Waals surface area (Å²) < 4.78 is 0. The number of pyridine rings is 1. The van der Waals surface area contributed by atoms with Crippen LogP contribution in [0.3, 0.4) is 0 Å². The molecule has 16 heavy (non-hydrogen) atoms. The van der Waals surface area contributed by atoms with Crippen LogP contribution in [0.25, 0.3) is 10.9 Å². The third-order valence-corrected chi connectivity index (χ3v) is 3.76. The summed E-state index contributed by atoms with van der Waals surface area (Å²) in [6.07, 6.45) is 3.33. The summed E-state index contributed by atoms with van der Waals surface area (Å²) in [5.74, 6) is 0. The average Bonchev–Trinajstić information content (AvgIpc) is 2.28. The van der Waals surface area contributed by atoms with Crippen LogP contribution in [-0.4, -0.2) is 16.7 Å². The number of fused-ring (bicyclic) bond motifs is 1. The summed E-state index contributed by atoms with van der Waals surface area (Å²) in [4.78, 5) is 4.68. The van der Waals surface area contributed by atoms with E-state index >= 15 is 0 Å². The summed E-state index contributed by atoms with van der Waals surface area (Å²) in [7, 11) is 0. The van der Waals surface area contributed by atoms with Crippen LogP contribution >= 0.6 is 0 Å². The fourth-order valence-corrected chi connectivity index (χ4v) is 2.46. The molecule has 1 heterocycles. The quantitative estimate of drug-likeness (QED) is 0.832. The van der Waals surface area contributed by atoms with Crippen LogP contribution in [0, 0.1) is 0 Å². The number of nitrogens with zero attached hydrogens (tertiary/aromatic N) is 1. The van der Waals surface area contributed by atoms with Crippen LogP contribution in [0.5, 0.6) is 0 Å². The van der Waals surface area contributed by atoms with E-state index < -0.39 is 0 Å². The van der Waals surface area contributed by atoms with Gasteiger partial charge in [-0.1, -0.05) is 30.7 Å². The highest BCUT2D eigenvalue weighted by Crippen LogP contribution is 2.42. The molecule has 1 aromatic carbocycles. The van der Waals surface area contributed by atoms with Crippen molar-refractivity contribution in [3.05, 3.63) is 42.1 Å². The number of benzene rings is 1. The fourth-order valence-electron chi connectivity index (χ4n) is 2.46. The Bertz CT molecular complexity index is 511. The first kappa shape index (κ1) is 9.79. The van der Waals surface area contributed by atoms with E-state index in [0.29, 0.717) is 0 Å². The van der Waals surface area contributed by atoms with Crippen molar-refractivity contribution in [1.29, 1.82) is 0 Å². The Morgan fingerprint density at radius 2 is 1.94 bits per heavy atom.